The number of hydrogen-bond donors (Lipinski definition) is 0. The van der Waals surface area contributed by atoms with Crippen LogP contribution in [-0.4, -0.2) is 56.9 Å². The minimum atomic E-state index is -3.52. The molecule has 140 valence electrons. The summed E-state index contributed by atoms with van der Waals surface area (Å²) in [6.45, 7) is 2.42. The van der Waals surface area contributed by atoms with E-state index < -0.39 is 16.0 Å². The van der Waals surface area contributed by atoms with E-state index in [4.69, 9.17) is 16.0 Å². The van der Waals surface area contributed by atoms with Gasteiger partial charge < -0.3 is 9.15 Å². The fourth-order valence-corrected chi connectivity index (χ4v) is 4.33. The summed E-state index contributed by atoms with van der Waals surface area (Å²) in [4.78, 5) is 13.7. The minimum Gasteiger partial charge on any atom is -0.463 e. The van der Waals surface area contributed by atoms with Gasteiger partial charge in [-0.2, -0.15) is 4.31 Å². The average molecular weight is 399 g/mol. The van der Waals surface area contributed by atoms with Gasteiger partial charge in [-0.1, -0.05) is 11.6 Å². The van der Waals surface area contributed by atoms with E-state index in [9.17, 15) is 13.2 Å². The Labute approximate surface area is 157 Å². The van der Waals surface area contributed by atoms with Gasteiger partial charge >= 0.3 is 5.97 Å². The third-order valence-corrected chi connectivity index (χ3v) is 6.38. The normalized spacial score (nSPS) is 16.5. The van der Waals surface area contributed by atoms with Crippen LogP contribution in [0.4, 0.5) is 0 Å². The molecule has 0 radical (unpaired) electrons. The SMILES string of the molecule is COC(=O)c1ccc(CN2CCN(S(=O)(=O)c3ccc(Cl)cc3)CC2)o1. The molecule has 0 bridgehead atoms. The highest BCUT2D eigenvalue weighted by Crippen LogP contribution is 2.21. The summed E-state index contributed by atoms with van der Waals surface area (Å²) in [6.07, 6.45) is 0. The molecule has 0 spiro atoms. The summed E-state index contributed by atoms with van der Waals surface area (Å²) < 4.78 is 36.9. The first-order chi connectivity index (χ1) is 12.4. The maximum absolute atomic E-state index is 12.7. The summed E-state index contributed by atoms with van der Waals surface area (Å²) in [7, 11) is -2.23. The van der Waals surface area contributed by atoms with Crippen LogP contribution in [0.25, 0.3) is 0 Å². The molecule has 1 aromatic carbocycles. The fourth-order valence-electron chi connectivity index (χ4n) is 2.78. The summed E-state index contributed by atoms with van der Waals surface area (Å²) in [5.74, 6) is 0.279. The Morgan fingerprint density at radius 1 is 1.12 bits per heavy atom. The average Bonchev–Trinajstić information content (AvgIpc) is 3.10. The molecule has 2 aromatic rings. The van der Waals surface area contributed by atoms with Crippen LogP contribution in [0.15, 0.2) is 45.7 Å². The van der Waals surface area contributed by atoms with Crippen LogP contribution in [0, 0.1) is 0 Å². The zero-order valence-corrected chi connectivity index (χ0v) is 15.8. The number of furan rings is 1. The van der Waals surface area contributed by atoms with Crippen LogP contribution in [0.1, 0.15) is 16.3 Å². The number of esters is 1. The van der Waals surface area contributed by atoms with Crippen molar-refractivity contribution >= 4 is 27.6 Å². The van der Waals surface area contributed by atoms with E-state index in [-0.39, 0.29) is 10.7 Å². The molecular formula is C17H19ClN2O5S. The maximum Gasteiger partial charge on any atom is 0.373 e. The lowest BCUT2D eigenvalue weighted by Gasteiger charge is -2.33. The van der Waals surface area contributed by atoms with Crippen LogP contribution in [-0.2, 0) is 21.3 Å². The van der Waals surface area contributed by atoms with Crippen molar-refractivity contribution in [2.75, 3.05) is 33.3 Å². The molecule has 0 aliphatic carbocycles. The molecule has 1 aromatic heterocycles. The molecule has 1 saturated heterocycles. The number of carbonyl (C=O) groups excluding carboxylic acids is 1. The van der Waals surface area contributed by atoms with Gasteiger partial charge in [0.1, 0.15) is 5.76 Å². The van der Waals surface area contributed by atoms with Crippen molar-refractivity contribution in [2.24, 2.45) is 0 Å². The fraction of sp³-hybridized carbons (Fsp3) is 0.353. The predicted molar refractivity (Wildman–Crippen MR) is 95.5 cm³/mol. The molecule has 9 heteroatoms. The van der Waals surface area contributed by atoms with Crippen LogP contribution in [0.3, 0.4) is 0 Å². The summed E-state index contributed by atoms with van der Waals surface area (Å²) in [6, 6.07) is 9.47. The van der Waals surface area contributed by atoms with Crippen molar-refractivity contribution in [3.63, 3.8) is 0 Å². The number of rotatable bonds is 5. The Morgan fingerprint density at radius 3 is 2.38 bits per heavy atom. The van der Waals surface area contributed by atoms with E-state index in [0.29, 0.717) is 43.5 Å². The number of halogens is 1. The maximum atomic E-state index is 12.7. The number of sulfonamides is 1. The van der Waals surface area contributed by atoms with Crippen molar-refractivity contribution in [3.8, 4) is 0 Å². The monoisotopic (exact) mass is 398 g/mol. The van der Waals surface area contributed by atoms with Crippen LogP contribution < -0.4 is 0 Å². The standard InChI is InChI=1S/C17H19ClN2O5S/c1-24-17(21)16-7-4-14(25-16)12-19-8-10-20(11-9-19)26(22,23)15-5-2-13(18)3-6-15/h2-7H,8-12H2,1H3. The zero-order valence-electron chi connectivity index (χ0n) is 14.2. The molecule has 0 unspecified atom stereocenters. The van der Waals surface area contributed by atoms with Gasteiger partial charge in [0.25, 0.3) is 0 Å². The number of ether oxygens (including phenoxy) is 1. The lowest BCUT2D eigenvalue weighted by atomic mass is 10.3. The van der Waals surface area contributed by atoms with Gasteiger partial charge in [-0.3, -0.25) is 4.90 Å². The molecule has 0 atom stereocenters. The van der Waals surface area contributed by atoms with Gasteiger partial charge in [-0.05, 0) is 36.4 Å². The summed E-state index contributed by atoms with van der Waals surface area (Å²) in [5, 5.41) is 0.499. The van der Waals surface area contributed by atoms with Crippen molar-refractivity contribution in [1.82, 2.24) is 9.21 Å². The van der Waals surface area contributed by atoms with Gasteiger partial charge in [-0.25, -0.2) is 13.2 Å². The van der Waals surface area contributed by atoms with Gasteiger partial charge in [0, 0.05) is 31.2 Å². The second-order valence-electron chi connectivity index (χ2n) is 5.89. The molecule has 2 heterocycles. The third kappa shape index (κ3) is 4.09. The largest absolute Gasteiger partial charge is 0.463 e. The second-order valence-corrected chi connectivity index (χ2v) is 8.27. The minimum absolute atomic E-state index is 0.159. The smallest absolute Gasteiger partial charge is 0.373 e. The highest BCUT2D eigenvalue weighted by molar-refractivity contribution is 7.89. The molecule has 0 N–H and O–H groups in total. The topological polar surface area (TPSA) is 80.1 Å². The highest BCUT2D eigenvalue weighted by atomic mass is 35.5. The Kier molecular flexibility index (Phi) is 5.67. The Morgan fingerprint density at radius 2 is 1.77 bits per heavy atom. The molecule has 0 saturated carbocycles. The van der Waals surface area contributed by atoms with Gasteiger partial charge in [0.2, 0.25) is 15.8 Å². The Hall–Kier alpha value is -1.87. The first kappa shape index (κ1) is 18.9. The summed E-state index contributed by atoms with van der Waals surface area (Å²) >= 11 is 5.82. The van der Waals surface area contributed by atoms with E-state index >= 15 is 0 Å². The lowest BCUT2D eigenvalue weighted by Crippen LogP contribution is -2.48. The van der Waals surface area contributed by atoms with Crippen LogP contribution in [0.5, 0.6) is 0 Å². The van der Waals surface area contributed by atoms with E-state index in [2.05, 4.69) is 9.64 Å². The number of nitrogens with zero attached hydrogens (tertiary/aromatic N) is 2. The Balaban J connectivity index is 1.59. The van der Waals surface area contributed by atoms with Crippen molar-refractivity contribution in [2.45, 2.75) is 11.4 Å². The van der Waals surface area contributed by atoms with Crippen molar-refractivity contribution in [1.29, 1.82) is 0 Å². The van der Waals surface area contributed by atoms with Crippen molar-refractivity contribution in [3.05, 3.63) is 52.9 Å². The summed E-state index contributed by atoms with van der Waals surface area (Å²) in [5.41, 5.74) is 0. The predicted octanol–water partition coefficient (Wildman–Crippen LogP) is 2.23. The first-order valence-electron chi connectivity index (χ1n) is 8.05. The number of hydrogen-bond acceptors (Lipinski definition) is 6. The molecule has 7 nitrogen and oxygen atoms in total. The quantitative estimate of drug-likeness (QED) is 0.718. The number of methoxy groups -OCH3 is 1. The molecule has 0 amide bonds. The van der Waals surface area contributed by atoms with Crippen molar-refractivity contribution < 1.29 is 22.4 Å². The van der Waals surface area contributed by atoms with Crippen LogP contribution in [0.2, 0.25) is 5.02 Å². The molecular weight excluding hydrogens is 380 g/mol. The molecule has 3 rings (SSSR count). The van der Waals surface area contributed by atoms with E-state index in [1.54, 1.807) is 24.3 Å². The van der Waals surface area contributed by atoms with E-state index in [1.807, 2.05) is 0 Å². The highest BCUT2D eigenvalue weighted by Gasteiger charge is 2.28. The molecule has 1 aliphatic heterocycles. The Bertz CT molecular complexity index is 871. The first-order valence-corrected chi connectivity index (χ1v) is 9.87. The lowest BCUT2D eigenvalue weighted by molar-refractivity contribution is 0.0560. The number of carbonyl (C=O) groups is 1. The van der Waals surface area contributed by atoms with Crippen LogP contribution >= 0.6 is 11.6 Å². The zero-order chi connectivity index (χ0) is 18.7. The number of piperazine rings is 1. The van der Waals surface area contributed by atoms with E-state index in [1.165, 1.54) is 23.5 Å². The second kappa shape index (κ2) is 7.79. The van der Waals surface area contributed by atoms with Gasteiger partial charge in [0.05, 0.1) is 18.6 Å². The molecule has 1 fully saturated rings. The van der Waals surface area contributed by atoms with Gasteiger partial charge in [-0.15, -0.1) is 0 Å². The number of benzene rings is 1. The molecule has 1 aliphatic rings. The third-order valence-electron chi connectivity index (χ3n) is 4.21. The van der Waals surface area contributed by atoms with E-state index in [0.717, 1.165) is 0 Å². The van der Waals surface area contributed by atoms with Gasteiger partial charge in [0.15, 0.2) is 0 Å². The molecule has 26 heavy (non-hydrogen) atoms.